The van der Waals surface area contributed by atoms with Gasteiger partial charge in [-0.1, -0.05) is 12.1 Å². The van der Waals surface area contributed by atoms with Gasteiger partial charge in [-0.2, -0.15) is 0 Å². The van der Waals surface area contributed by atoms with E-state index in [1.807, 2.05) is 6.07 Å². The van der Waals surface area contributed by atoms with Crippen LogP contribution < -0.4 is 16.0 Å². The Balaban J connectivity index is 2.06. The van der Waals surface area contributed by atoms with Crippen molar-refractivity contribution < 1.29 is 14.4 Å². The molecule has 0 aliphatic carbocycles. The number of methoxy groups -OCH3 is 1. The van der Waals surface area contributed by atoms with E-state index in [0.29, 0.717) is 29.1 Å². The van der Waals surface area contributed by atoms with Crippen LogP contribution in [0.2, 0.25) is 0 Å². The number of aromatic nitrogens is 1. The summed E-state index contributed by atoms with van der Waals surface area (Å²) in [7, 11) is 1.57. The second kappa shape index (κ2) is 5.34. The molecule has 0 fully saturated rings. The van der Waals surface area contributed by atoms with E-state index in [1.165, 1.54) is 4.57 Å². The van der Waals surface area contributed by atoms with Crippen LogP contribution in [0.4, 0.5) is 5.69 Å². The summed E-state index contributed by atoms with van der Waals surface area (Å²) in [5.74, 6) is 0.225. The van der Waals surface area contributed by atoms with E-state index in [-0.39, 0.29) is 0 Å². The van der Waals surface area contributed by atoms with Crippen molar-refractivity contribution in [3.05, 3.63) is 58.6 Å². The Bertz CT molecular complexity index is 835. The van der Waals surface area contributed by atoms with Crippen molar-refractivity contribution in [3.63, 3.8) is 0 Å². The molecule has 0 unspecified atom stereocenters. The van der Waals surface area contributed by atoms with Crippen molar-refractivity contribution in [3.8, 4) is 5.75 Å². The van der Waals surface area contributed by atoms with Crippen molar-refractivity contribution in [1.29, 1.82) is 0 Å². The third-order valence-electron chi connectivity index (χ3n) is 3.27. The highest BCUT2D eigenvalue weighted by Crippen LogP contribution is 2.21. The number of hydrogen-bond donors (Lipinski definition) is 2. The van der Waals surface area contributed by atoms with Gasteiger partial charge in [0.1, 0.15) is 5.75 Å². The van der Waals surface area contributed by atoms with E-state index < -0.39 is 5.76 Å². The first-order chi connectivity index (χ1) is 10.2. The van der Waals surface area contributed by atoms with Crippen LogP contribution in [-0.2, 0) is 6.54 Å². The van der Waals surface area contributed by atoms with Crippen LogP contribution in [0.5, 0.6) is 5.75 Å². The largest absolute Gasteiger partial charge is 0.497 e. The van der Waals surface area contributed by atoms with Gasteiger partial charge in [0.2, 0.25) is 0 Å². The fourth-order valence-corrected chi connectivity index (χ4v) is 2.24. The Morgan fingerprint density at radius 3 is 2.90 bits per heavy atom. The molecule has 0 spiro atoms. The van der Waals surface area contributed by atoms with E-state index in [4.69, 9.17) is 14.4 Å². The average Bonchev–Trinajstić information content (AvgIpc) is 2.82. The molecule has 0 saturated carbocycles. The Morgan fingerprint density at radius 1 is 1.29 bits per heavy atom. The highest BCUT2D eigenvalue weighted by molar-refractivity contribution is 5.75. The van der Waals surface area contributed by atoms with Crippen LogP contribution in [0.25, 0.3) is 11.1 Å². The quantitative estimate of drug-likeness (QED) is 0.720. The first-order valence-electron chi connectivity index (χ1n) is 6.37. The van der Waals surface area contributed by atoms with E-state index in [2.05, 4.69) is 5.48 Å². The van der Waals surface area contributed by atoms with Gasteiger partial charge in [0.15, 0.2) is 5.58 Å². The number of anilines is 1. The number of hydrogen-bond acceptors (Lipinski definition) is 5. The predicted molar refractivity (Wildman–Crippen MR) is 78.0 cm³/mol. The van der Waals surface area contributed by atoms with Crippen LogP contribution in [0.15, 0.2) is 51.7 Å². The number of fused-ring (bicyclic) bond motifs is 1. The van der Waals surface area contributed by atoms with Crippen LogP contribution >= 0.6 is 0 Å². The molecule has 0 atom stereocenters. The molecule has 0 saturated heterocycles. The summed E-state index contributed by atoms with van der Waals surface area (Å²) in [6.07, 6.45) is 0. The Hall–Kier alpha value is -2.73. The zero-order chi connectivity index (χ0) is 14.8. The van der Waals surface area contributed by atoms with Gasteiger partial charge in [-0.3, -0.25) is 15.3 Å². The first kappa shape index (κ1) is 13.3. The Kier molecular flexibility index (Phi) is 3.37. The lowest BCUT2D eigenvalue weighted by Crippen LogP contribution is -2.14. The van der Waals surface area contributed by atoms with Crippen LogP contribution in [0.3, 0.4) is 0 Å². The van der Waals surface area contributed by atoms with Gasteiger partial charge >= 0.3 is 5.76 Å². The van der Waals surface area contributed by atoms with Crippen molar-refractivity contribution in [2.24, 2.45) is 0 Å². The lowest BCUT2D eigenvalue weighted by molar-refractivity contribution is 0.389. The normalized spacial score (nSPS) is 10.8. The third-order valence-corrected chi connectivity index (χ3v) is 3.27. The molecule has 21 heavy (non-hydrogen) atoms. The van der Waals surface area contributed by atoms with Gasteiger partial charge < -0.3 is 9.15 Å². The molecule has 3 aromatic rings. The molecule has 3 rings (SSSR count). The lowest BCUT2D eigenvalue weighted by atomic mass is 10.2. The topological polar surface area (TPSA) is 76.6 Å². The molecule has 2 N–H and O–H groups in total. The summed E-state index contributed by atoms with van der Waals surface area (Å²) in [6, 6.07) is 12.3. The first-order valence-corrected chi connectivity index (χ1v) is 6.37. The molecule has 1 heterocycles. The molecular formula is C15H14N2O4. The molecule has 0 aliphatic heterocycles. The fourth-order valence-electron chi connectivity index (χ4n) is 2.24. The number of rotatable bonds is 4. The van der Waals surface area contributed by atoms with Crippen molar-refractivity contribution in [1.82, 2.24) is 4.57 Å². The summed E-state index contributed by atoms with van der Waals surface area (Å²) in [4.78, 5) is 12.0. The van der Waals surface area contributed by atoms with Crippen molar-refractivity contribution in [2.75, 3.05) is 12.6 Å². The lowest BCUT2D eigenvalue weighted by Gasteiger charge is -2.06. The van der Waals surface area contributed by atoms with Crippen molar-refractivity contribution in [2.45, 2.75) is 6.54 Å². The van der Waals surface area contributed by atoms with Crippen LogP contribution in [-0.4, -0.2) is 16.9 Å². The summed E-state index contributed by atoms with van der Waals surface area (Å²) in [5.41, 5.74) is 4.69. The molecule has 108 valence electrons. The molecule has 1 aromatic heterocycles. The smallest absolute Gasteiger partial charge is 0.420 e. The SMILES string of the molecule is COc1ccc2oc(=O)n(Cc3cccc(NO)c3)c2c1. The maximum Gasteiger partial charge on any atom is 0.420 e. The standard InChI is InChI=1S/C15H14N2O4/c1-20-12-5-6-14-13(8-12)17(15(18)21-14)9-10-3-2-4-11(7-10)16-19/h2-8,16,19H,9H2,1H3. The zero-order valence-corrected chi connectivity index (χ0v) is 11.4. The minimum Gasteiger partial charge on any atom is -0.497 e. The zero-order valence-electron chi connectivity index (χ0n) is 11.4. The monoisotopic (exact) mass is 286 g/mol. The third kappa shape index (κ3) is 2.48. The molecule has 0 radical (unpaired) electrons. The Labute approximate surface area is 120 Å². The molecule has 6 heteroatoms. The van der Waals surface area contributed by atoms with Gasteiger partial charge in [0, 0.05) is 6.07 Å². The van der Waals surface area contributed by atoms with Gasteiger partial charge in [-0.15, -0.1) is 0 Å². The molecule has 0 bridgehead atoms. The fraction of sp³-hybridized carbons (Fsp3) is 0.133. The van der Waals surface area contributed by atoms with E-state index in [0.717, 1.165) is 5.56 Å². The van der Waals surface area contributed by atoms with Gasteiger partial charge in [-0.05, 0) is 29.8 Å². The summed E-state index contributed by atoms with van der Waals surface area (Å²) in [5, 5.41) is 8.93. The molecular weight excluding hydrogens is 272 g/mol. The maximum absolute atomic E-state index is 12.0. The highest BCUT2D eigenvalue weighted by atomic mass is 16.5. The van der Waals surface area contributed by atoms with Crippen LogP contribution in [0.1, 0.15) is 5.56 Å². The number of benzene rings is 2. The summed E-state index contributed by atoms with van der Waals surface area (Å²) < 4.78 is 11.9. The maximum atomic E-state index is 12.0. The molecule has 0 amide bonds. The van der Waals surface area contributed by atoms with E-state index >= 15 is 0 Å². The average molecular weight is 286 g/mol. The minimum atomic E-state index is -0.430. The van der Waals surface area contributed by atoms with Gasteiger partial charge in [-0.25, -0.2) is 4.79 Å². The summed E-state index contributed by atoms with van der Waals surface area (Å²) >= 11 is 0. The second-order valence-corrected chi connectivity index (χ2v) is 4.60. The summed E-state index contributed by atoms with van der Waals surface area (Å²) in [6.45, 7) is 0.342. The number of nitrogens with zero attached hydrogens (tertiary/aromatic N) is 1. The number of ether oxygens (including phenoxy) is 1. The Morgan fingerprint density at radius 2 is 2.14 bits per heavy atom. The molecule has 2 aromatic carbocycles. The van der Waals surface area contributed by atoms with Crippen LogP contribution in [0, 0.1) is 0 Å². The van der Waals surface area contributed by atoms with E-state index in [9.17, 15) is 4.79 Å². The molecule has 0 aliphatic rings. The number of nitrogens with one attached hydrogen (secondary N) is 1. The predicted octanol–water partition coefficient (Wildman–Crippen LogP) is 2.45. The van der Waals surface area contributed by atoms with Gasteiger partial charge in [0.05, 0.1) is 24.9 Å². The van der Waals surface area contributed by atoms with Crippen molar-refractivity contribution >= 4 is 16.8 Å². The second-order valence-electron chi connectivity index (χ2n) is 4.60. The molecule has 6 nitrogen and oxygen atoms in total. The number of oxazole rings is 1. The minimum absolute atomic E-state index is 0.342. The van der Waals surface area contributed by atoms with Gasteiger partial charge in [0.25, 0.3) is 0 Å². The van der Waals surface area contributed by atoms with E-state index in [1.54, 1.807) is 43.5 Å². The highest BCUT2D eigenvalue weighted by Gasteiger charge is 2.11.